The summed E-state index contributed by atoms with van der Waals surface area (Å²) in [6.45, 7) is 3.04. The van der Waals surface area contributed by atoms with Crippen molar-refractivity contribution in [3.63, 3.8) is 0 Å². The summed E-state index contributed by atoms with van der Waals surface area (Å²) in [5.74, 6) is 0.0437. The lowest BCUT2D eigenvalue weighted by atomic mass is 10.2. The molecule has 2 N–H and O–H groups in total. The van der Waals surface area contributed by atoms with E-state index in [1.54, 1.807) is 17.1 Å². The molecule has 0 atom stereocenters. The number of amides is 1. The van der Waals surface area contributed by atoms with Crippen LogP contribution in [-0.4, -0.2) is 46.5 Å². The Labute approximate surface area is 123 Å². The lowest BCUT2D eigenvalue weighted by molar-refractivity contribution is 0.0737. The first-order valence-electron chi connectivity index (χ1n) is 7.01. The number of nitrogen functional groups attached to an aromatic ring is 1. The standard InChI is InChI=1S/C15H19N5O/c1-18-11-17-10-14(18)15(21)20-7-5-19(6-8-20)13-4-2-3-12(16)9-13/h2-4,9-11H,5-8,16H2,1H3. The van der Waals surface area contributed by atoms with Gasteiger partial charge in [-0.2, -0.15) is 0 Å². The monoisotopic (exact) mass is 285 g/mol. The quantitative estimate of drug-likeness (QED) is 0.835. The van der Waals surface area contributed by atoms with E-state index < -0.39 is 0 Å². The molecule has 0 unspecified atom stereocenters. The maximum atomic E-state index is 12.4. The second-order valence-corrected chi connectivity index (χ2v) is 5.26. The Hall–Kier alpha value is -2.50. The second kappa shape index (κ2) is 5.47. The van der Waals surface area contributed by atoms with Crippen LogP contribution in [0, 0.1) is 0 Å². The first-order valence-corrected chi connectivity index (χ1v) is 7.01. The van der Waals surface area contributed by atoms with Gasteiger partial charge in [-0.15, -0.1) is 0 Å². The minimum atomic E-state index is 0.0437. The number of hydrogen-bond acceptors (Lipinski definition) is 4. The van der Waals surface area contributed by atoms with Crippen molar-refractivity contribution in [1.82, 2.24) is 14.5 Å². The highest BCUT2D eigenvalue weighted by atomic mass is 16.2. The molecule has 1 aromatic heterocycles. The summed E-state index contributed by atoms with van der Waals surface area (Å²) in [5.41, 5.74) is 8.33. The SMILES string of the molecule is Cn1cncc1C(=O)N1CCN(c2cccc(N)c2)CC1. The van der Waals surface area contributed by atoms with Gasteiger partial charge in [0.15, 0.2) is 0 Å². The summed E-state index contributed by atoms with van der Waals surface area (Å²) >= 11 is 0. The Bertz CT molecular complexity index is 643. The van der Waals surface area contributed by atoms with E-state index in [2.05, 4.69) is 16.0 Å². The van der Waals surface area contributed by atoms with Crippen molar-refractivity contribution in [3.05, 3.63) is 42.5 Å². The molecule has 2 aromatic rings. The number of aromatic nitrogens is 2. The maximum Gasteiger partial charge on any atom is 0.272 e. The van der Waals surface area contributed by atoms with Gasteiger partial charge in [-0.1, -0.05) is 6.07 Å². The van der Waals surface area contributed by atoms with Gasteiger partial charge in [-0.25, -0.2) is 4.98 Å². The van der Waals surface area contributed by atoms with Gasteiger partial charge >= 0.3 is 0 Å². The number of carbonyl (C=O) groups excluding carboxylic acids is 1. The molecule has 3 rings (SSSR count). The average Bonchev–Trinajstić information content (AvgIpc) is 2.93. The zero-order valence-corrected chi connectivity index (χ0v) is 12.1. The van der Waals surface area contributed by atoms with Crippen molar-refractivity contribution in [3.8, 4) is 0 Å². The summed E-state index contributed by atoms with van der Waals surface area (Å²) in [5, 5.41) is 0. The molecule has 0 radical (unpaired) electrons. The summed E-state index contributed by atoms with van der Waals surface area (Å²) in [7, 11) is 1.84. The number of nitrogens with two attached hydrogens (primary N) is 1. The summed E-state index contributed by atoms with van der Waals surface area (Å²) in [6, 6.07) is 7.86. The van der Waals surface area contributed by atoms with E-state index >= 15 is 0 Å². The number of hydrogen-bond donors (Lipinski definition) is 1. The van der Waals surface area contributed by atoms with Gasteiger partial charge in [-0.05, 0) is 18.2 Å². The maximum absolute atomic E-state index is 12.4. The molecule has 1 aliphatic rings. The van der Waals surface area contributed by atoms with E-state index in [0.717, 1.165) is 24.5 Å². The Balaban J connectivity index is 1.65. The van der Waals surface area contributed by atoms with Crippen molar-refractivity contribution in [1.29, 1.82) is 0 Å². The number of anilines is 2. The highest BCUT2D eigenvalue weighted by Crippen LogP contribution is 2.19. The van der Waals surface area contributed by atoms with Crippen molar-refractivity contribution >= 4 is 17.3 Å². The average molecular weight is 285 g/mol. The van der Waals surface area contributed by atoms with E-state index in [9.17, 15) is 4.79 Å². The van der Waals surface area contributed by atoms with Crippen LogP contribution in [0.3, 0.4) is 0 Å². The molecule has 1 fully saturated rings. The molecule has 0 bridgehead atoms. The predicted octanol–water partition coefficient (Wildman–Crippen LogP) is 0.965. The normalized spacial score (nSPS) is 15.3. The molecule has 21 heavy (non-hydrogen) atoms. The molecule has 1 saturated heterocycles. The van der Waals surface area contributed by atoms with E-state index in [1.807, 2.05) is 30.1 Å². The number of imidazole rings is 1. The number of benzene rings is 1. The van der Waals surface area contributed by atoms with Gasteiger partial charge in [0.1, 0.15) is 5.69 Å². The fourth-order valence-electron chi connectivity index (χ4n) is 2.61. The second-order valence-electron chi connectivity index (χ2n) is 5.26. The van der Waals surface area contributed by atoms with Crippen molar-refractivity contribution < 1.29 is 4.79 Å². The molecule has 6 heteroatoms. The molecular weight excluding hydrogens is 266 g/mol. The van der Waals surface area contributed by atoms with E-state index in [4.69, 9.17) is 5.73 Å². The van der Waals surface area contributed by atoms with Gasteiger partial charge < -0.3 is 20.1 Å². The van der Waals surface area contributed by atoms with Gasteiger partial charge in [0.2, 0.25) is 0 Å². The van der Waals surface area contributed by atoms with Crippen LogP contribution >= 0.6 is 0 Å². The Morgan fingerprint density at radius 3 is 2.62 bits per heavy atom. The minimum Gasteiger partial charge on any atom is -0.399 e. The number of carbonyl (C=O) groups is 1. The van der Waals surface area contributed by atoms with Crippen molar-refractivity contribution in [2.45, 2.75) is 0 Å². The zero-order chi connectivity index (χ0) is 14.8. The first kappa shape index (κ1) is 13.5. The van der Waals surface area contributed by atoms with Crippen LogP contribution in [0.2, 0.25) is 0 Å². The Morgan fingerprint density at radius 1 is 1.24 bits per heavy atom. The van der Waals surface area contributed by atoms with Crippen LogP contribution in [0.25, 0.3) is 0 Å². The highest BCUT2D eigenvalue weighted by Gasteiger charge is 2.23. The highest BCUT2D eigenvalue weighted by molar-refractivity contribution is 5.92. The fraction of sp³-hybridized carbons (Fsp3) is 0.333. The van der Waals surface area contributed by atoms with Crippen LogP contribution in [0.1, 0.15) is 10.5 Å². The predicted molar refractivity (Wildman–Crippen MR) is 82.2 cm³/mol. The zero-order valence-electron chi connectivity index (χ0n) is 12.1. The smallest absolute Gasteiger partial charge is 0.272 e. The summed E-state index contributed by atoms with van der Waals surface area (Å²) in [4.78, 5) is 20.5. The molecular formula is C15H19N5O. The van der Waals surface area contributed by atoms with Gasteiger partial charge in [0.25, 0.3) is 5.91 Å². The largest absolute Gasteiger partial charge is 0.399 e. The minimum absolute atomic E-state index is 0.0437. The van der Waals surface area contributed by atoms with Crippen LogP contribution in [0.5, 0.6) is 0 Å². The third kappa shape index (κ3) is 2.69. The molecule has 0 saturated carbocycles. The Morgan fingerprint density at radius 2 is 2.00 bits per heavy atom. The topological polar surface area (TPSA) is 67.4 Å². The van der Waals surface area contributed by atoms with E-state index in [0.29, 0.717) is 18.8 Å². The molecule has 1 amide bonds. The molecule has 1 aromatic carbocycles. The molecule has 6 nitrogen and oxygen atoms in total. The van der Waals surface area contributed by atoms with Crippen LogP contribution < -0.4 is 10.6 Å². The van der Waals surface area contributed by atoms with E-state index in [1.165, 1.54) is 0 Å². The van der Waals surface area contributed by atoms with Crippen molar-refractivity contribution in [2.75, 3.05) is 36.8 Å². The molecule has 0 spiro atoms. The Kier molecular flexibility index (Phi) is 3.51. The van der Waals surface area contributed by atoms with Crippen molar-refractivity contribution in [2.24, 2.45) is 7.05 Å². The first-order chi connectivity index (χ1) is 10.1. The fourth-order valence-corrected chi connectivity index (χ4v) is 2.61. The molecule has 0 aliphatic carbocycles. The number of aryl methyl sites for hydroxylation is 1. The lowest BCUT2D eigenvalue weighted by Gasteiger charge is -2.36. The lowest BCUT2D eigenvalue weighted by Crippen LogP contribution is -2.49. The third-order valence-electron chi connectivity index (χ3n) is 3.84. The van der Waals surface area contributed by atoms with Crippen LogP contribution in [0.15, 0.2) is 36.8 Å². The van der Waals surface area contributed by atoms with Gasteiger partial charge in [0.05, 0.1) is 12.5 Å². The third-order valence-corrected chi connectivity index (χ3v) is 3.84. The molecule has 110 valence electrons. The summed E-state index contributed by atoms with van der Waals surface area (Å²) in [6.07, 6.45) is 3.27. The van der Waals surface area contributed by atoms with Crippen LogP contribution in [-0.2, 0) is 7.05 Å². The van der Waals surface area contributed by atoms with Gasteiger partial charge in [0, 0.05) is 44.6 Å². The number of nitrogens with zero attached hydrogens (tertiary/aromatic N) is 4. The van der Waals surface area contributed by atoms with Gasteiger partial charge in [-0.3, -0.25) is 4.79 Å². The van der Waals surface area contributed by atoms with Crippen LogP contribution in [0.4, 0.5) is 11.4 Å². The number of piperazine rings is 1. The summed E-state index contributed by atoms with van der Waals surface area (Å²) < 4.78 is 1.76. The van der Waals surface area contributed by atoms with E-state index in [-0.39, 0.29) is 5.91 Å². The molecule has 2 heterocycles. The molecule has 1 aliphatic heterocycles. The number of rotatable bonds is 2.